The standard InChI is InChI=1S/C27H27BrN4O2S/c1-29-24(26(34)32(27(29)35)21-9-5-4-6-10-21)15-19-17-31(23-12-11-20(28)16-22(19)23)18-25(33)30-13-7-2-3-8-14-30/h4-6,9-12,15-17H,2-3,7-8,13-14,18H2,1H3/b24-15-. The monoisotopic (exact) mass is 550 g/mol. The normalized spacial score (nSPS) is 18.1. The van der Waals surface area contributed by atoms with Gasteiger partial charge in [0.2, 0.25) is 5.91 Å². The van der Waals surface area contributed by atoms with Crippen molar-refractivity contribution in [2.45, 2.75) is 32.2 Å². The summed E-state index contributed by atoms with van der Waals surface area (Å²) in [5.74, 6) is -0.0309. The predicted molar refractivity (Wildman–Crippen MR) is 147 cm³/mol. The van der Waals surface area contributed by atoms with Gasteiger partial charge in [-0.1, -0.05) is 47.0 Å². The highest BCUT2D eigenvalue weighted by Gasteiger charge is 2.37. The molecule has 0 saturated carbocycles. The minimum Gasteiger partial charge on any atom is -0.341 e. The number of nitrogens with zero attached hydrogens (tertiary/aromatic N) is 4. The number of thiocarbonyl (C=S) groups is 1. The minimum atomic E-state index is -0.166. The van der Waals surface area contributed by atoms with Crippen LogP contribution in [0.1, 0.15) is 31.2 Å². The van der Waals surface area contributed by atoms with E-state index in [4.69, 9.17) is 12.2 Å². The largest absolute Gasteiger partial charge is 0.341 e. The molecule has 2 aliphatic heterocycles. The first kappa shape index (κ1) is 23.8. The number of hydrogen-bond donors (Lipinski definition) is 0. The molecular formula is C27H27BrN4O2S. The molecule has 2 saturated heterocycles. The van der Waals surface area contributed by atoms with Crippen molar-refractivity contribution in [3.05, 3.63) is 70.5 Å². The number of benzene rings is 2. The van der Waals surface area contributed by atoms with E-state index < -0.39 is 0 Å². The van der Waals surface area contributed by atoms with Gasteiger partial charge in [-0.05, 0) is 61.5 Å². The molecule has 1 aromatic heterocycles. The third kappa shape index (κ3) is 4.65. The smallest absolute Gasteiger partial charge is 0.281 e. The zero-order valence-corrected chi connectivity index (χ0v) is 22.0. The second-order valence-corrected chi connectivity index (χ2v) is 10.3. The Morgan fingerprint density at radius 3 is 2.49 bits per heavy atom. The summed E-state index contributed by atoms with van der Waals surface area (Å²) >= 11 is 9.18. The van der Waals surface area contributed by atoms with Gasteiger partial charge >= 0.3 is 0 Å². The summed E-state index contributed by atoms with van der Waals surface area (Å²) in [7, 11) is 1.81. The molecule has 0 N–H and O–H groups in total. The summed E-state index contributed by atoms with van der Waals surface area (Å²) in [6.07, 6.45) is 8.34. The average molecular weight is 552 g/mol. The first-order valence-corrected chi connectivity index (χ1v) is 13.1. The number of likely N-dealkylation sites (N-methyl/N-ethyl adjacent to an activating group) is 1. The highest BCUT2D eigenvalue weighted by molar-refractivity contribution is 9.10. The van der Waals surface area contributed by atoms with Crippen LogP contribution in [0.5, 0.6) is 0 Å². The maximum Gasteiger partial charge on any atom is 0.281 e. The SMILES string of the molecule is CN1C(=S)N(c2ccccc2)C(=O)/C1=C/c1cn(CC(=O)N2CCCCCC2)c2ccc(Br)cc12. The Kier molecular flexibility index (Phi) is 6.75. The molecule has 180 valence electrons. The molecule has 8 heteroatoms. The Bertz CT molecular complexity index is 1330. The molecule has 0 atom stereocenters. The lowest BCUT2D eigenvalue weighted by Gasteiger charge is -2.20. The summed E-state index contributed by atoms with van der Waals surface area (Å²) in [6.45, 7) is 1.93. The molecule has 35 heavy (non-hydrogen) atoms. The van der Waals surface area contributed by atoms with Crippen LogP contribution >= 0.6 is 28.1 Å². The van der Waals surface area contributed by atoms with Crippen LogP contribution in [-0.4, -0.2) is 51.4 Å². The highest BCUT2D eigenvalue weighted by atomic mass is 79.9. The van der Waals surface area contributed by atoms with Gasteiger partial charge in [-0.25, -0.2) is 0 Å². The molecule has 5 rings (SSSR count). The molecule has 0 bridgehead atoms. The van der Waals surface area contributed by atoms with E-state index in [1.165, 1.54) is 12.8 Å². The Hall–Kier alpha value is -2.97. The van der Waals surface area contributed by atoms with Crippen LogP contribution in [0.2, 0.25) is 0 Å². The van der Waals surface area contributed by atoms with Crippen molar-refractivity contribution in [2.24, 2.45) is 0 Å². The van der Waals surface area contributed by atoms with Gasteiger partial charge in [-0.3, -0.25) is 14.5 Å². The number of para-hydroxylation sites is 1. The summed E-state index contributed by atoms with van der Waals surface area (Å²) in [6, 6.07) is 15.5. The quantitative estimate of drug-likeness (QED) is 0.322. The second-order valence-electron chi connectivity index (χ2n) is 9.02. The van der Waals surface area contributed by atoms with Crippen LogP contribution in [0.15, 0.2) is 64.9 Å². The van der Waals surface area contributed by atoms with Crippen LogP contribution in [-0.2, 0) is 16.1 Å². The number of halogens is 1. The van der Waals surface area contributed by atoms with Crippen LogP contribution in [0.25, 0.3) is 17.0 Å². The van der Waals surface area contributed by atoms with E-state index in [0.717, 1.165) is 52.6 Å². The van der Waals surface area contributed by atoms with Crippen molar-refractivity contribution in [2.75, 3.05) is 25.0 Å². The van der Waals surface area contributed by atoms with Crippen molar-refractivity contribution in [3.63, 3.8) is 0 Å². The fraction of sp³-hybridized carbons (Fsp3) is 0.296. The number of likely N-dealkylation sites (tertiary alicyclic amines) is 1. The summed E-state index contributed by atoms with van der Waals surface area (Å²) in [5.41, 5.74) is 3.07. The Balaban J connectivity index is 1.51. The number of rotatable bonds is 4. The van der Waals surface area contributed by atoms with Gasteiger partial charge in [0.05, 0.1) is 5.69 Å². The molecule has 0 unspecified atom stereocenters. The van der Waals surface area contributed by atoms with E-state index >= 15 is 0 Å². The molecule has 2 fully saturated rings. The molecule has 0 radical (unpaired) electrons. The van der Waals surface area contributed by atoms with Crippen molar-refractivity contribution in [1.82, 2.24) is 14.4 Å². The molecule has 2 aliphatic rings. The summed E-state index contributed by atoms with van der Waals surface area (Å²) in [4.78, 5) is 31.8. The second kappa shape index (κ2) is 9.95. The molecule has 2 amide bonds. The third-order valence-electron chi connectivity index (χ3n) is 6.71. The van der Waals surface area contributed by atoms with Crippen LogP contribution in [0, 0.1) is 0 Å². The number of amides is 2. The summed E-state index contributed by atoms with van der Waals surface area (Å²) < 4.78 is 2.93. The number of carbonyl (C=O) groups excluding carboxylic acids is 2. The van der Waals surface area contributed by atoms with E-state index in [0.29, 0.717) is 10.8 Å². The maximum absolute atomic E-state index is 13.4. The van der Waals surface area contributed by atoms with Crippen LogP contribution in [0.4, 0.5) is 5.69 Å². The van der Waals surface area contributed by atoms with E-state index in [-0.39, 0.29) is 18.4 Å². The molecule has 2 aromatic carbocycles. The zero-order chi connectivity index (χ0) is 24.5. The molecule has 3 aromatic rings. The van der Waals surface area contributed by atoms with Crippen molar-refractivity contribution < 1.29 is 9.59 Å². The van der Waals surface area contributed by atoms with E-state index in [2.05, 4.69) is 15.9 Å². The van der Waals surface area contributed by atoms with Crippen molar-refractivity contribution >= 4 is 67.7 Å². The van der Waals surface area contributed by atoms with E-state index in [9.17, 15) is 9.59 Å². The molecule has 0 aliphatic carbocycles. The van der Waals surface area contributed by atoms with Gasteiger partial charge in [0.15, 0.2) is 5.11 Å². The van der Waals surface area contributed by atoms with Gasteiger partial charge in [-0.2, -0.15) is 0 Å². The molecule has 0 spiro atoms. The number of carbonyl (C=O) groups is 2. The fourth-order valence-electron chi connectivity index (χ4n) is 4.82. The predicted octanol–water partition coefficient (Wildman–Crippen LogP) is 5.41. The Labute approximate surface area is 218 Å². The van der Waals surface area contributed by atoms with Crippen LogP contribution < -0.4 is 4.90 Å². The number of fused-ring (bicyclic) bond motifs is 1. The number of hydrogen-bond acceptors (Lipinski definition) is 3. The molecule has 6 nitrogen and oxygen atoms in total. The lowest BCUT2D eigenvalue weighted by atomic mass is 10.1. The van der Waals surface area contributed by atoms with E-state index in [1.54, 1.807) is 9.80 Å². The zero-order valence-electron chi connectivity index (χ0n) is 19.6. The van der Waals surface area contributed by atoms with Gasteiger partial charge in [0.1, 0.15) is 12.2 Å². The Morgan fingerprint density at radius 2 is 1.77 bits per heavy atom. The first-order valence-electron chi connectivity index (χ1n) is 11.9. The summed E-state index contributed by atoms with van der Waals surface area (Å²) in [5, 5.41) is 1.41. The molecule has 3 heterocycles. The lowest BCUT2D eigenvalue weighted by Crippen LogP contribution is -2.34. The van der Waals surface area contributed by atoms with E-state index in [1.807, 2.05) is 77.3 Å². The third-order valence-corrected chi connectivity index (χ3v) is 7.66. The van der Waals surface area contributed by atoms with Gasteiger partial charge < -0.3 is 14.4 Å². The van der Waals surface area contributed by atoms with Gasteiger partial charge in [-0.15, -0.1) is 0 Å². The molecular weight excluding hydrogens is 524 g/mol. The minimum absolute atomic E-state index is 0.136. The lowest BCUT2D eigenvalue weighted by molar-refractivity contribution is -0.131. The van der Waals surface area contributed by atoms with Crippen molar-refractivity contribution in [1.29, 1.82) is 0 Å². The fourth-order valence-corrected chi connectivity index (χ4v) is 5.46. The number of aromatic nitrogens is 1. The Morgan fingerprint density at radius 1 is 1.06 bits per heavy atom. The highest BCUT2D eigenvalue weighted by Crippen LogP contribution is 2.31. The first-order chi connectivity index (χ1) is 16.9. The maximum atomic E-state index is 13.4. The van der Waals surface area contributed by atoms with Crippen molar-refractivity contribution in [3.8, 4) is 0 Å². The van der Waals surface area contributed by atoms with Gasteiger partial charge in [0.25, 0.3) is 5.91 Å². The van der Waals surface area contributed by atoms with Gasteiger partial charge in [0, 0.05) is 47.3 Å². The number of anilines is 1. The van der Waals surface area contributed by atoms with Crippen LogP contribution in [0.3, 0.4) is 0 Å². The topological polar surface area (TPSA) is 48.8 Å². The average Bonchev–Trinajstić information content (AvgIpc) is 3.12.